The van der Waals surface area contributed by atoms with Gasteiger partial charge in [0.15, 0.2) is 0 Å². The van der Waals surface area contributed by atoms with E-state index in [-0.39, 0.29) is 5.41 Å². The Morgan fingerprint density at radius 2 is 0.510 bits per heavy atom. The van der Waals surface area contributed by atoms with Crippen molar-refractivity contribution < 1.29 is 17.7 Å². The molecule has 32 rings (SSSR count). The molecule has 0 saturated carbocycles. The van der Waals surface area contributed by atoms with Crippen LogP contribution in [0.25, 0.3) is 291 Å². The van der Waals surface area contributed by atoms with Crippen LogP contribution in [0.2, 0.25) is 0 Å². The predicted molar refractivity (Wildman–Crippen MR) is 619 cm³/mol. The smallest absolute Gasteiger partial charge is 0.138 e. The molecule has 20 aromatic carbocycles. The quantitative estimate of drug-likeness (QED) is 0.127. The van der Waals surface area contributed by atoms with Crippen molar-refractivity contribution in [2.24, 2.45) is 0 Å². The summed E-state index contributed by atoms with van der Waals surface area (Å²) in [5.41, 5.74) is 36.3. The van der Waals surface area contributed by atoms with Gasteiger partial charge in [-0.25, -0.2) is 15.0 Å². The fourth-order valence-electron chi connectivity index (χ4n) is 23.4. The van der Waals surface area contributed by atoms with E-state index in [1.165, 1.54) is 86.2 Å². The van der Waals surface area contributed by atoms with Crippen LogP contribution >= 0.6 is 11.3 Å². The molecule has 698 valence electrons. The number of para-hydroxylation sites is 7. The molecule has 0 atom stereocenters. The first kappa shape index (κ1) is 85.3. The van der Waals surface area contributed by atoms with Crippen LogP contribution in [0, 0.1) is 0 Å². The van der Waals surface area contributed by atoms with E-state index in [1.807, 2.05) is 59.9 Å². The van der Waals surface area contributed by atoms with Gasteiger partial charge >= 0.3 is 0 Å². The molecule has 31 aromatic rings. The number of rotatable bonds is 11. The molecule has 1 aliphatic carbocycles. The largest absolute Gasteiger partial charge is 0.456 e. The first-order chi connectivity index (χ1) is 73.5. The van der Waals surface area contributed by atoms with E-state index in [0.29, 0.717) is 0 Å². The molecule has 0 saturated heterocycles. The summed E-state index contributed by atoms with van der Waals surface area (Å²) < 4.78 is 34.8. The third-order valence-corrected chi connectivity index (χ3v) is 31.7. The minimum Gasteiger partial charge on any atom is -0.456 e. The fourth-order valence-corrected chi connectivity index (χ4v) is 24.5. The summed E-state index contributed by atoms with van der Waals surface area (Å²) in [6.45, 7) is 4.69. The van der Waals surface area contributed by atoms with Gasteiger partial charge < -0.3 is 17.7 Å². The maximum absolute atomic E-state index is 6.35. The molecular formula is C138H86N6O4S. The van der Waals surface area contributed by atoms with Crippen molar-refractivity contribution in [3.8, 4) is 118 Å². The van der Waals surface area contributed by atoms with E-state index in [0.717, 1.165) is 216 Å². The van der Waals surface area contributed by atoms with Crippen molar-refractivity contribution in [2.45, 2.75) is 19.3 Å². The zero-order chi connectivity index (χ0) is 98.2. The molecule has 0 amide bonds. The predicted octanol–water partition coefficient (Wildman–Crippen LogP) is 38.1. The van der Waals surface area contributed by atoms with Crippen molar-refractivity contribution >= 4 is 185 Å². The molecular weight excluding hydrogens is 1840 g/mol. The second-order valence-corrected chi connectivity index (χ2v) is 40.6. The molecule has 0 N–H and O–H groups in total. The highest BCUT2D eigenvalue weighted by molar-refractivity contribution is 7.25. The van der Waals surface area contributed by atoms with Gasteiger partial charge in [-0.05, 0) is 254 Å². The lowest BCUT2D eigenvalue weighted by Crippen LogP contribution is -2.14. The number of nitrogens with zero attached hydrogens (tertiary/aromatic N) is 6. The molecule has 0 spiro atoms. The van der Waals surface area contributed by atoms with Gasteiger partial charge in [0, 0.05) is 118 Å². The van der Waals surface area contributed by atoms with Crippen molar-refractivity contribution in [3.63, 3.8) is 0 Å². The second kappa shape index (κ2) is 33.9. The Morgan fingerprint density at radius 3 is 1.01 bits per heavy atom. The molecule has 1 aliphatic rings. The number of hydrogen-bond acceptors (Lipinski definition) is 8. The molecule has 11 aromatic heterocycles. The van der Waals surface area contributed by atoms with E-state index in [4.69, 9.17) is 32.6 Å². The number of pyridine rings is 3. The van der Waals surface area contributed by atoms with Gasteiger partial charge in [-0.3, -0.25) is 13.7 Å². The highest BCUT2D eigenvalue weighted by Gasteiger charge is 2.37. The summed E-state index contributed by atoms with van der Waals surface area (Å²) in [7, 11) is 0. The Hall–Kier alpha value is -19.3. The Bertz CT molecular complexity index is 10500. The van der Waals surface area contributed by atoms with Crippen LogP contribution in [0.15, 0.2) is 503 Å². The lowest BCUT2D eigenvalue weighted by atomic mass is 9.82. The molecule has 0 fully saturated rings. The summed E-state index contributed by atoms with van der Waals surface area (Å²) >= 11 is 1.86. The maximum atomic E-state index is 6.35. The monoisotopic (exact) mass is 1920 g/mol. The van der Waals surface area contributed by atoms with E-state index >= 15 is 0 Å². The topological polar surface area (TPSA) is 106 Å². The zero-order valence-corrected chi connectivity index (χ0v) is 81.7. The number of hydrogen-bond donors (Lipinski definition) is 0. The average molecular weight is 1920 g/mol. The molecule has 0 aliphatic heterocycles. The molecule has 10 nitrogen and oxygen atoms in total. The van der Waals surface area contributed by atoms with E-state index in [2.05, 4.69) is 464 Å². The normalized spacial score (nSPS) is 12.4. The van der Waals surface area contributed by atoms with Crippen molar-refractivity contribution in [2.75, 3.05) is 0 Å². The van der Waals surface area contributed by atoms with E-state index in [9.17, 15) is 0 Å². The Morgan fingerprint density at radius 1 is 0.174 bits per heavy atom. The van der Waals surface area contributed by atoms with Crippen LogP contribution in [-0.2, 0) is 5.41 Å². The minimum atomic E-state index is -0.0716. The third-order valence-electron chi connectivity index (χ3n) is 30.6. The summed E-state index contributed by atoms with van der Waals surface area (Å²) in [5, 5.41) is 18.6. The summed E-state index contributed by atoms with van der Waals surface area (Å²) in [4.78, 5) is 16.4. The lowest BCUT2D eigenvalue weighted by molar-refractivity contribution is 0.661. The molecule has 149 heavy (non-hydrogen) atoms. The second-order valence-electron chi connectivity index (χ2n) is 39.6. The third kappa shape index (κ3) is 14.1. The van der Waals surface area contributed by atoms with Gasteiger partial charge in [-0.15, -0.1) is 11.3 Å². The Kier molecular flexibility index (Phi) is 19.4. The SMILES string of the molecule is CC1(C)c2ccccc2-c2cc3c(cc21)c1ccccc1n3-c1cc(-c2ccccc2)cc(-c2ccc3oc4ccccc4c3c2)n1.c1ccc(-c2cccc(-c3cc(-c4ccc5c(c4)oc4ccccc45)nc(-n4c5ccccc5c5cc6oc7ccccc7c6cc54)c3)c2)cc1.c1ccc(-c2cccc(-c3cc(-c4ccc5c(c4)oc4ccccc45)nc(-n4c5ccccc5c5cc6sc7ccccc7c6cc54)c3)c2)cc1. The van der Waals surface area contributed by atoms with Crippen molar-refractivity contribution in [1.29, 1.82) is 0 Å². The van der Waals surface area contributed by atoms with Crippen molar-refractivity contribution in [1.82, 2.24) is 28.7 Å². The molecule has 0 radical (unpaired) electrons. The Labute approximate surface area is 858 Å². The van der Waals surface area contributed by atoms with Gasteiger partial charge in [0.25, 0.3) is 0 Å². The molecule has 0 bridgehead atoms. The number of benzene rings is 20. The number of aromatic nitrogens is 6. The van der Waals surface area contributed by atoms with Crippen LogP contribution in [0.4, 0.5) is 0 Å². The number of fused-ring (bicyclic) bond motifs is 27. The molecule has 11 heterocycles. The highest BCUT2D eigenvalue weighted by atomic mass is 32.1. The summed E-state index contributed by atoms with van der Waals surface area (Å²) in [5.74, 6) is 2.62. The van der Waals surface area contributed by atoms with Crippen LogP contribution in [0.1, 0.15) is 25.0 Å². The first-order valence-corrected chi connectivity index (χ1v) is 51.4. The van der Waals surface area contributed by atoms with Crippen molar-refractivity contribution in [3.05, 3.63) is 496 Å². The van der Waals surface area contributed by atoms with Crippen LogP contribution in [0.5, 0.6) is 0 Å². The van der Waals surface area contributed by atoms with E-state index < -0.39 is 0 Å². The van der Waals surface area contributed by atoms with Gasteiger partial charge in [-0.1, -0.05) is 323 Å². The lowest BCUT2D eigenvalue weighted by Gasteiger charge is -2.21. The zero-order valence-electron chi connectivity index (χ0n) is 80.9. The van der Waals surface area contributed by atoms with Gasteiger partial charge in [0.05, 0.1) is 50.2 Å². The highest BCUT2D eigenvalue weighted by Crippen LogP contribution is 2.53. The molecule has 11 heteroatoms. The van der Waals surface area contributed by atoms with Gasteiger partial charge in [0.1, 0.15) is 62.1 Å². The summed E-state index contributed by atoms with van der Waals surface area (Å²) in [6.07, 6.45) is 0. The molecule has 0 unspecified atom stereocenters. The summed E-state index contributed by atoms with van der Waals surface area (Å²) in [6, 6.07) is 173. The standard InChI is InChI=1S/C47H28N2O2.C47H28N2OS.C44H30N2O/c1-2-11-29(12-3-1)30-13-10-14-31(23-30)33-24-40(32-21-22-37-35-16-5-8-19-43(35)50-45(37)25-32)48-47(26-33)49-41-18-7-4-15-34(41)38-28-46-39(27-42(38)49)36-17-6-9-20-44(36)51-46;1-2-11-29(12-3-1)30-13-10-14-31(23-30)33-24-40(32-21-22-36-35-16-5-8-19-43(35)50-44(36)25-32)48-47(26-33)49-41-18-7-4-15-34(41)38-28-46-39(27-42(38)49)37-17-6-9-20-45(37)51-46;1-44(2)36-17-9-6-14-30(36)33-26-40-34(25-37(33)44)31-15-7-10-18-39(31)46(40)43-24-29(27-12-4-3-5-13-27)23-38(45-43)28-20-21-42-35(22-28)32-16-8-11-19-41(32)47-42/h2*1-28H;3-26H,1-2H3. The van der Waals surface area contributed by atoms with Crippen LogP contribution < -0.4 is 0 Å². The van der Waals surface area contributed by atoms with Gasteiger partial charge in [-0.2, -0.15) is 0 Å². The number of thiophene rings is 1. The Balaban J connectivity index is 0.000000103. The maximum Gasteiger partial charge on any atom is 0.138 e. The first-order valence-electron chi connectivity index (χ1n) is 50.6. The van der Waals surface area contributed by atoms with Crippen LogP contribution in [0.3, 0.4) is 0 Å². The minimum absolute atomic E-state index is 0.0716. The number of furan rings is 4. The fraction of sp³-hybridized carbons (Fsp3) is 0.0217. The van der Waals surface area contributed by atoms with E-state index in [1.54, 1.807) is 0 Å². The van der Waals surface area contributed by atoms with Crippen LogP contribution in [-0.4, -0.2) is 28.7 Å². The van der Waals surface area contributed by atoms with Gasteiger partial charge in [0.2, 0.25) is 0 Å². The average Bonchev–Trinajstić information content (AvgIpc) is 1.54.